The fraction of sp³-hybridized carbons (Fsp3) is 0. The predicted octanol–water partition coefficient (Wildman–Crippen LogP) is 0.917. The molecule has 0 unspecified atom stereocenters. The van der Waals surface area contributed by atoms with Crippen molar-refractivity contribution in [2.75, 3.05) is 0 Å². The first-order chi connectivity index (χ1) is 5.29. The summed E-state index contributed by atoms with van der Waals surface area (Å²) in [4.78, 5) is 7.16. The van der Waals surface area contributed by atoms with E-state index in [4.69, 9.17) is 11.6 Å². The highest BCUT2D eigenvalue weighted by molar-refractivity contribution is 6.28. The summed E-state index contributed by atoms with van der Waals surface area (Å²) in [5.41, 5.74) is 0.0880. The Bertz CT molecular complexity index is 362. The maximum atomic E-state index is 12.8. The molecule has 0 spiro atoms. The maximum Gasteiger partial charge on any atom is 0.225 e. The molecule has 4 nitrogen and oxygen atoms in total. The van der Waals surface area contributed by atoms with Crippen LogP contribution in [0, 0.1) is 5.82 Å². The van der Waals surface area contributed by atoms with E-state index >= 15 is 0 Å². The largest absolute Gasteiger partial charge is 0.225 e. The Balaban J connectivity index is 2.96. The van der Waals surface area contributed by atoms with Gasteiger partial charge in [-0.2, -0.15) is 9.61 Å². The van der Waals surface area contributed by atoms with Crippen molar-refractivity contribution < 1.29 is 4.39 Å². The second kappa shape index (κ2) is 2.13. The maximum absolute atomic E-state index is 12.8. The molecule has 0 saturated carbocycles. The molecular weight excluding hydrogens is 171 g/mol. The zero-order valence-corrected chi connectivity index (χ0v) is 5.96. The summed E-state index contributed by atoms with van der Waals surface area (Å²) in [5, 5.41) is 3.75. The topological polar surface area (TPSA) is 43.1 Å². The number of hydrogen-bond acceptors (Lipinski definition) is 3. The van der Waals surface area contributed by atoms with Crippen LogP contribution in [-0.4, -0.2) is 19.6 Å². The lowest BCUT2D eigenvalue weighted by Crippen LogP contribution is -1.94. The first kappa shape index (κ1) is 6.48. The highest BCUT2D eigenvalue weighted by Crippen LogP contribution is 2.08. The van der Waals surface area contributed by atoms with Crippen molar-refractivity contribution >= 4 is 17.2 Å². The minimum absolute atomic E-state index is 0.0880. The predicted molar refractivity (Wildman–Crippen MR) is 35.8 cm³/mol. The summed E-state index contributed by atoms with van der Waals surface area (Å²) in [7, 11) is 0. The second-order valence-corrected chi connectivity index (χ2v) is 2.21. The van der Waals surface area contributed by atoms with Gasteiger partial charge >= 0.3 is 0 Å². The first-order valence-electron chi connectivity index (χ1n) is 2.79. The first-order valence-corrected chi connectivity index (χ1v) is 3.16. The van der Waals surface area contributed by atoms with Gasteiger partial charge in [0.1, 0.15) is 6.33 Å². The van der Waals surface area contributed by atoms with Gasteiger partial charge in [0.25, 0.3) is 0 Å². The molecular formula is C5H2ClFN4. The van der Waals surface area contributed by atoms with E-state index in [1.807, 2.05) is 0 Å². The molecule has 2 rings (SSSR count). The van der Waals surface area contributed by atoms with Crippen LogP contribution in [0.1, 0.15) is 0 Å². The zero-order chi connectivity index (χ0) is 7.84. The van der Waals surface area contributed by atoms with Crippen molar-refractivity contribution in [2.45, 2.75) is 0 Å². The Hall–Kier alpha value is -1.23. The molecule has 0 aromatic carbocycles. The van der Waals surface area contributed by atoms with Gasteiger partial charge in [-0.3, -0.25) is 0 Å². The van der Waals surface area contributed by atoms with E-state index in [0.29, 0.717) is 0 Å². The molecule has 11 heavy (non-hydrogen) atoms. The minimum Gasteiger partial charge on any atom is -0.223 e. The van der Waals surface area contributed by atoms with Crippen molar-refractivity contribution in [1.82, 2.24) is 19.6 Å². The van der Waals surface area contributed by atoms with Crippen molar-refractivity contribution in [3.63, 3.8) is 0 Å². The lowest BCUT2D eigenvalue weighted by Gasteiger charge is -1.93. The van der Waals surface area contributed by atoms with Crippen LogP contribution in [0.3, 0.4) is 0 Å². The Labute approximate surface area is 65.6 Å². The molecule has 0 aliphatic heterocycles. The summed E-state index contributed by atoms with van der Waals surface area (Å²) in [5.74, 6) is -0.535. The van der Waals surface area contributed by atoms with Crippen LogP contribution in [0.5, 0.6) is 0 Å². The molecule has 56 valence electrons. The lowest BCUT2D eigenvalue weighted by molar-refractivity contribution is 0.618. The van der Waals surface area contributed by atoms with Gasteiger partial charge < -0.3 is 0 Å². The summed E-state index contributed by atoms with van der Waals surface area (Å²) in [6, 6.07) is 0. The summed E-state index contributed by atoms with van der Waals surface area (Å²) < 4.78 is 13.9. The molecule has 2 aromatic rings. The summed E-state index contributed by atoms with van der Waals surface area (Å²) in [6.45, 7) is 0. The van der Waals surface area contributed by atoms with Gasteiger partial charge in [-0.1, -0.05) is 0 Å². The highest BCUT2D eigenvalue weighted by atomic mass is 35.5. The van der Waals surface area contributed by atoms with Gasteiger partial charge in [-0.05, 0) is 11.6 Å². The van der Waals surface area contributed by atoms with Crippen LogP contribution in [-0.2, 0) is 0 Å². The molecule has 6 heteroatoms. The second-order valence-electron chi connectivity index (χ2n) is 1.87. The third kappa shape index (κ3) is 0.848. The van der Waals surface area contributed by atoms with Crippen LogP contribution < -0.4 is 0 Å². The van der Waals surface area contributed by atoms with E-state index in [9.17, 15) is 4.39 Å². The molecule has 0 bridgehead atoms. The molecule has 0 radical (unpaired) electrons. The molecule has 0 amide bonds. The van der Waals surface area contributed by atoms with Gasteiger partial charge in [-0.15, -0.1) is 0 Å². The molecule has 0 fully saturated rings. The third-order valence-electron chi connectivity index (χ3n) is 1.22. The number of hydrogen-bond donors (Lipinski definition) is 0. The molecule has 0 atom stereocenters. The van der Waals surface area contributed by atoms with Gasteiger partial charge in [0, 0.05) is 0 Å². The van der Waals surface area contributed by atoms with Gasteiger partial charge in [0.15, 0.2) is 11.5 Å². The van der Waals surface area contributed by atoms with Crippen LogP contribution in [0.2, 0.25) is 5.28 Å². The van der Waals surface area contributed by atoms with E-state index < -0.39 is 5.82 Å². The normalized spacial score (nSPS) is 10.7. The number of nitrogens with zero attached hydrogens (tertiary/aromatic N) is 4. The smallest absolute Gasteiger partial charge is 0.223 e. The monoisotopic (exact) mass is 172 g/mol. The minimum atomic E-state index is -0.535. The summed E-state index contributed by atoms with van der Waals surface area (Å²) in [6.07, 6.45) is 2.22. The number of rotatable bonds is 0. The average molecular weight is 173 g/mol. The van der Waals surface area contributed by atoms with Crippen molar-refractivity contribution in [1.29, 1.82) is 0 Å². The van der Waals surface area contributed by atoms with Crippen LogP contribution >= 0.6 is 11.6 Å². The average Bonchev–Trinajstić information content (AvgIpc) is 2.45. The Morgan fingerprint density at radius 3 is 3.00 bits per heavy atom. The van der Waals surface area contributed by atoms with Crippen LogP contribution in [0.4, 0.5) is 4.39 Å². The quantitative estimate of drug-likeness (QED) is 0.555. The van der Waals surface area contributed by atoms with E-state index in [0.717, 1.165) is 10.7 Å². The number of fused-ring (bicyclic) bond motifs is 1. The lowest BCUT2D eigenvalue weighted by atomic mass is 10.6. The van der Waals surface area contributed by atoms with Crippen molar-refractivity contribution in [3.8, 4) is 0 Å². The molecule has 2 aromatic heterocycles. The van der Waals surface area contributed by atoms with Crippen molar-refractivity contribution in [2.24, 2.45) is 0 Å². The standard InChI is InChI=1S/C5H2ClFN4/c6-5-8-1-3(7)4-9-2-10-11(4)5/h1-2H. The fourth-order valence-electron chi connectivity index (χ4n) is 0.762. The van der Waals surface area contributed by atoms with Gasteiger partial charge in [0.05, 0.1) is 6.20 Å². The number of aromatic nitrogens is 4. The Kier molecular flexibility index (Phi) is 1.25. The molecule has 0 aliphatic rings. The van der Waals surface area contributed by atoms with Crippen molar-refractivity contribution in [3.05, 3.63) is 23.6 Å². The van der Waals surface area contributed by atoms with Gasteiger partial charge in [0.2, 0.25) is 5.28 Å². The highest BCUT2D eigenvalue weighted by Gasteiger charge is 2.05. The zero-order valence-electron chi connectivity index (χ0n) is 5.20. The Morgan fingerprint density at radius 1 is 1.45 bits per heavy atom. The third-order valence-corrected chi connectivity index (χ3v) is 1.48. The summed E-state index contributed by atoms with van der Waals surface area (Å²) >= 11 is 5.55. The van der Waals surface area contributed by atoms with E-state index in [1.54, 1.807) is 0 Å². The van der Waals surface area contributed by atoms with E-state index in [2.05, 4.69) is 15.1 Å². The molecule has 0 N–H and O–H groups in total. The number of halogens is 2. The fourth-order valence-corrected chi connectivity index (χ4v) is 0.934. The molecule has 0 aliphatic carbocycles. The Morgan fingerprint density at radius 2 is 2.27 bits per heavy atom. The van der Waals surface area contributed by atoms with Gasteiger partial charge in [-0.25, -0.2) is 14.4 Å². The van der Waals surface area contributed by atoms with E-state index in [1.165, 1.54) is 6.33 Å². The molecule has 2 heterocycles. The van der Waals surface area contributed by atoms with E-state index in [-0.39, 0.29) is 10.9 Å². The van der Waals surface area contributed by atoms with Crippen LogP contribution in [0.25, 0.3) is 5.65 Å². The molecule has 0 saturated heterocycles. The van der Waals surface area contributed by atoms with Crippen LogP contribution in [0.15, 0.2) is 12.5 Å². The SMILES string of the molecule is Fc1cnc(Cl)n2ncnc12.